The second-order valence-electron chi connectivity index (χ2n) is 16.4. The minimum atomic E-state index is -3.22. The molecule has 0 heterocycles. The SMILES string of the molecule is CCCCCCCCCCN(CCCCCCCCCC)CCC[Si](OCC(C)(C)CO)(OCC(C)(C)CO)OCC(C)(C)CO. The van der Waals surface area contributed by atoms with Crippen molar-refractivity contribution in [3.8, 4) is 0 Å². The number of nitrogens with zero attached hydrogens (tertiary/aromatic N) is 1. The summed E-state index contributed by atoms with van der Waals surface area (Å²) >= 11 is 0. The third kappa shape index (κ3) is 25.0. The van der Waals surface area contributed by atoms with E-state index in [1.165, 1.54) is 103 Å². The van der Waals surface area contributed by atoms with Gasteiger partial charge in [0.25, 0.3) is 0 Å². The normalized spacial score (nSPS) is 13.3. The van der Waals surface area contributed by atoms with E-state index in [0.29, 0.717) is 25.9 Å². The van der Waals surface area contributed by atoms with Gasteiger partial charge in [0.1, 0.15) is 0 Å². The van der Waals surface area contributed by atoms with Crippen molar-refractivity contribution in [3.05, 3.63) is 0 Å². The number of aliphatic hydroxyl groups is 3. The summed E-state index contributed by atoms with van der Waals surface area (Å²) in [6.07, 6.45) is 22.2. The van der Waals surface area contributed by atoms with Gasteiger partial charge in [0.05, 0.1) is 19.8 Å². The molecule has 0 spiro atoms. The fraction of sp³-hybridized carbons (Fsp3) is 1.00. The second kappa shape index (κ2) is 26.8. The molecule has 0 aromatic rings. The zero-order valence-electron chi connectivity index (χ0n) is 32.1. The topological polar surface area (TPSA) is 91.6 Å². The molecule has 0 saturated heterocycles. The summed E-state index contributed by atoms with van der Waals surface area (Å²) in [7, 11) is -3.22. The molecule has 3 N–H and O–H groups in total. The highest BCUT2D eigenvalue weighted by Gasteiger charge is 2.45. The second-order valence-corrected chi connectivity index (χ2v) is 19.1. The molecular weight excluding hydrogens is 595 g/mol. The highest BCUT2D eigenvalue weighted by atomic mass is 28.4. The summed E-state index contributed by atoms with van der Waals surface area (Å²) in [4.78, 5) is 2.65. The fourth-order valence-corrected chi connectivity index (χ4v) is 8.29. The minimum Gasteiger partial charge on any atom is -0.396 e. The van der Waals surface area contributed by atoms with E-state index in [-0.39, 0.29) is 19.8 Å². The average molecular weight is 676 g/mol. The van der Waals surface area contributed by atoms with Crippen molar-refractivity contribution >= 4 is 8.80 Å². The third-order valence-electron chi connectivity index (χ3n) is 8.95. The van der Waals surface area contributed by atoms with E-state index in [1.54, 1.807) is 0 Å². The molecule has 0 rings (SSSR count). The monoisotopic (exact) mass is 676 g/mol. The Balaban J connectivity index is 5.50. The zero-order valence-corrected chi connectivity index (χ0v) is 33.1. The van der Waals surface area contributed by atoms with Crippen LogP contribution in [0.25, 0.3) is 0 Å². The Bertz CT molecular complexity index is 620. The number of aliphatic hydroxyl groups excluding tert-OH is 3. The Morgan fingerprint density at radius 2 is 0.717 bits per heavy atom. The van der Waals surface area contributed by atoms with Crippen molar-refractivity contribution in [2.75, 3.05) is 59.3 Å². The lowest BCUT2D eigenvalue weighted by Gasteiger charge is -2.37. The molecule has 0 aromatic heterocycles. The molecule has 0 aliphatic heterocycles. The molecule has 8 heteroatoms. The van der Waals surface area contributed by atoms with Crippen molar-refractivity contribution in [2.45, 2.75) is 171 Å². The van der Waals surface area contributed by atoms with Gasteiger partial charge in [-0.1, -0.05) is 145 Å². The van der Waals surface area contributed by atoms with Crippen LogP contribution in [0.1, 0.15) is 165 Å². The molecule has 0 bridgehead atoms. The van der Waals surface area contributed by atoms with Gasteiger partial charge in [-0.15, -0.1) is 0 Å². The molecule has 0 saturated carbocycles. The number of rotatable bonds is 34. The van der Waals surface area contributed by atoms with Gasteiger partial charge in [0.2, 0.25) is 0 Å². The van der Waals surface area contributed by atoms with Crippen LogP contribution < -0.4 is 0 Å². The summed E-state index contributed by atoms with van der Waals surface area (Å²) in [5.74, 6) is 0. The van der Waals surface area contributed by atoms with Crippen molar-refractivity contribution < 1.29 is 28.6 Å². The van der Waals surface area contributed by atoms with Crippen LogP contribution in [0, 0.1) is 16.2 Å². The van der Waals surface area contributed by atoms with E-state index < -0.39 is 25.0 Å². The van der Waals surface area contributed by atoms with Crippen LogP contribution in [0.4, 0.5) is 0 Å². The molecule has 278 valence electrons. The van der Waals surface area contributed by atoms with Gasteiger partial charge in [-0.3, -0.25) is 0 Å². The van der Waals surface area contributed by atoms with E-state index in [2.05, 4.69) is 18.7 Å². The Labute approximate surface area is 287 Å². The Morgan fingerprint density at radius 1 is 0.435 bits per heavy atom. The van der Waals surface area contributed by atoms with E-state index in [4.69, 9.17) is 13.3 Å². The molecule has 0 unspecified atom stereocenters. The molecule has 0 aliphatic rings. The zero-order chi connectivity index (χ0) is 34.8. The highest BCUT2D eigenvalue weighted by Crippen LogP contribution is 2.29. The molecule has 0 aromatic carbocycles. The van der Waals surface area contributed by atoms with Crippen LogP contribution in [0.5, 0.6) is 0 Å². The molecule has 0 aliphatic carbocycles. The van der Waals surface area contributed by atoms with Gasteiger partial charge in [-0.25, -0.2) is 0 Å². The molecule has 0 radical (unpaired) electrons. The molecular formula is C38H81NO6Si. The smallest absolute Gasteiger partial charge is 0.396 e. The first kappa shape index (κ1) is 45.9. The number of hydrogen-bond acceptors (Lipinski definition) is 7. The van der Waals surface area contributed by atoms with Gasteiger partial charge in [0.15, 0.2) is 0 Å². The van der Waals surface area contributed by atoms with Gasteiger partial charge >= 0.3 is 8.80 Å². The van der Waals surface area contributed by atoms with E-state index in [0.717, 1.165) is 26.1 Å². The average Bonchev–Trinajstić information content (AvgIpc) is 3.03. The first-order valence-electron chi connectivity index (χ1n) is 19.3. The van der Waals surface area contributed by atoms with E-state index in [1.807, 2.05) is 41.5 Å². The van der Waals surface area contributed by atoms with Crippen molar-refractivity contribution in [1.29, 1.82) is 0 Å². The maximum Gasteiger partial charge on any atom is 0.501 e. The van der Waals surface area contributed by atoms with Crippen LogP contribution >= 0.6 is 0 Å². The predicted molar refractivity (Wildman–Crippen MR) is 197 cm³/mol. The number of hydrogen-bond donors (Lipinski definition) is 3. The van der Waals surface area contributed by atoms with Crippen molar-refractivity contribution in [1.82, 2.24) is 4.90 Å². The highest BCUT2D eigenvalue weighted by molar-refractivity contribution is 6.60. The maximum atomic E-state index is 9.96. The lowest BCUT2D eigenvalue weighted by Crippen LogP contribution is -2.51. The van der Waals surface area contributed by atoms with Crippen molar-refractivity contribution in [3.63, 3.8) is 0 Å². The van der Waals surface area contributed by atoms with Gasteiger partial charge in [-0.2, -0.15) is 0 Å². The summed E-state index contributed by atoms with van der Waals surface area (Å²) in [5.41, 5.74) is -1.28. The summed E-state index contributed by atoms with van der Waals surface area (Å²) in [6, 6.07) is 0.670. The quantitative estimate of drug-likeness (QED) is 0.0463. The molecule has 0 fully saturated rings. The van der Waals surface area contributed by atoms with Gasteiger partial charge < -0.3 is 33.5 Å². The van der Waals surface area contributed by atoms with E-state index in [9.17, 15) is 15.3 Å². The molecule has 0 amide bonds. The van der Waals surface area contributed by atoms with Crippen LogP contribution in [-0.4, -0.2) is 88.3 Å². The lowest BCUT2D eigenvalue weighted by atomic mass is 9.97. The summed E-state index contributed by atoms with van der Waals surface area (Å²) in [5, 5.41) is 29.9. The standard InChI is InChI=1S/C38H81NO6Si/c1-9-11-13-15-17-19-21-23-26-39(27-24-22-20-18-16-14-12-10-2)28-25-29-46(43-33-36(3,4)30-40,44-34-37(5,6)31-41)45-35-38(7,8)32-42/h40-42H,9-35H2,1-8H3. The Kier molecular flexibility index (Phi) is 26.7. The lowest BCUT2D eigenvalue weighted by molar-refractivity contribution is -0.0253. The minimum absolute atomic E-state index is 0.00668. The van der Waals surface area contributed by atoms with Crippen LogP contribution in [0.2, 0.25) is 6.04 Å². The first-order valence-corrected chi connectivity index (χ1v) is 21.2. The predicted octanol–water partition coefficient (Wildman–Crippen LogP) is 9.00. The number of unbranched alkanes of at least 4 members (excludes halogenated alkanes) is 14. The largest absolute Gasteiger partial charge is 0.501 e. The maximum absolute atomic E-state index is 9.96. The Morgan fingerprint density at radius 3 is 1.02 bits per heavy atom. The van der Waals surface area contributed by atoms with Crippen molar-refractivity contribution in [2.24, 2.45) is 16.2 Å². The third-order valence-corrected chi connectivity index (χ3v) is 11.7. The van der Waals surface area contributed by atoms with Crippen LogP contribution in [0.15, 0.2) is 0 Å². The fourth-order valence-electron chi connectivity index (χ4n) is 5.19. The van der Waals surface area contributed by atoms with Crippen LogP contribution in [0.3, 0.4) is 0 Å². The molecule has 46 heavy (non-hydrogen) atoms. The molecule has 7 nitrogen and oxygen atoms in total. The Hall–Kier alpha value is -0.0631. The first-order chi connectivity index (χ1) is 21.8. The van der Waals surface area contributed by atoms with Gasteiger partial charge in [0, 0.05) is 42.1 Å². The van der Waals surface area contributed by atoms with Crippen LogP contribution in [-0.2, 0) is 13.3 Å². The van der Waals surface area contributed by atoms with E-state index >= 15 is 0 Å². The summed E-state index contributed by atoms with van der Waals surface area (Å²) in [6.45, 7) is 20.7. The van der Waals surface area contributed by atoms with Gasteiger partial charge in [-0.05, 0) is 38.9 Å². The summed E-state index contributed by atoms with van der Waals surface area (Å²) < 4.78 is 19.8. The molecule has 0 atom stereocenters.